The van der Waals surface area contributed by atoms with Crippen molar-refractivity contribution in [3.63, 3.8) is 0 Å². The summed E-state index contributed by atoms with van der Waals surface area (Å²) in [6, 6.07) is 33.9. The summed E-state index contributed by atoms with van der Waals surface area (Å²) in [5, 5.41) is 8.29. The van der Waals surface area contributed by atoms with Gasteiger partial charge in [0.05, 0.1) is 11.4 Å². The molecule has 0 fully saturated rings. The van der Waals surface area contributed by atoms with Crippen LogP contribution in [0.15, 0.2) is 108 Å². The van der Waals surface area contributed by atoms with Gasteiger partial charge in [-0.15, -0.1) is 0 Å². The number of hydrogen-bond donors (Lipinski definition) is 0. The van der Waals surface area contributed by atoms with Crippen LogP contribution in [0.5, 0.6) is 0 Å². The second-order valence-corrected chi connectivity index (χ2v) is 22.1. The van der Waals surface area contributed by atoms with E-state index in [-0.39, 0.29) is 16.2 Å². The first kappa shape index (κ1) is 42.0. The van der Waals surface area contributed by atoms with Crippen LogP contribution in [0.4, 0.5) is 28.4 Å². The Morgan fingerprint density at radius 2 is 1.13 bits per heavy atom. The number of hydrogen-bond acceptors (Lipinski definition) is 2. The zero-order chi connectivity index (χ0) is 44.4. The summed E-state index contributed by atoms with van der Waals surface area (Å²) in [7, 11) is 0. The summed E-state index contributed by atoms with van der Waals surface area (Å²) in [4.78, 5) is 5.29. The van der Waals surface area contributed by atoms with Crippen LogP contribution in [-0.2, 0) is 22.7 Å². The van der Waals surface area contributed by atoms with Crippen LogP contribution in [0.1, 0.15) is 132 Å². The van der Waals surface area contributed by atoms with E-state index in [1.54, 1.807) is 0 Å². The third-order valence-corrected chi connectivity index (χ3v) is 14.6. The van der Waals surface area contributed by atoms with Crippen LogP contribution >= 0.6 is 0 Å². The van der Waals surface area contributed by atoms with Crippen molar-refractivity contribution in [2.45, 2.75) is 139 Å². The van der Waals surface area contributed by atoms with Gasteiger partial charge in [0, 0.05) is 44.8 Å². The van der Waals surface area contributed by atoms with E-state index in [0.29, 0.717) is 5.92 Å². The van der Waals surface area contributed by atoms with Gasteiger partial charge in [-0.2, -0.15) is 0 Å². The largest absolute Gasteiger partial charge is 0.313 e. The van der Waals surface area contributed by atoms with E-state index in [1.165, 1.54) is 122 Å². The van der Waals surface area contributed by atoms with Gasteiger partial charge in [0.1, 0.15) is 0 Å². The van der Waals surface area contributed by atoms with Crippen molar-refractivity contribution >= 4 is 60.8 Å². The average Bonchev–Trinajstić information content (AvgIpc) is 3.19. The maximum atomic E-state index is 2.68. The lowest BCUT2D eigenvalue weighted by molar-refractivity contribution is 0.475. The molecule has 0 amide bonds. The monoisotopic (exact) mass is 817 g/mol. The van der Waals surface area contributed by atoms with Gasteiger partial charge in [-0.3, -0.25) is 0 Å². The Balaban J connectivity index is 1.45. The van der Waals surface area contributed by atoms with E-state index in [1.807, 2.05) is 0 Å². The van der Waals surface area contributed by atoms with E-state index in [4.69, 9.17) is 0 Å². The fourth-order valence-corrected chi connectivity index (χ4v) is 10.8. The van der Waals surface area contributed by atoms with Crippen molar-refractivity contribution in [3.05, 3.63) is 158 Å². The molecule has 2 heteroatoms. The number of benzene rings is 7. The van der Waals surface area contributed by atoms with Gasteiger partial charge in [-0.1, -0.05) is 128 Å². The molecule has 2 aliphatic carbocycles. The minimum Gasteiger partial charge on any atom is -0.313 e. The summed E-state index contributed by atoms with van der Waals surface area (Å²) in [5.74, 6) is 0.370. The molecule has 0 spiro atoms. The maximum Gasteiger partial charge on any atom is 0.0543 e. The molecule has 62 heavy (non-hydrogen) atoms. The quantitative estimate of drug-likeness (QED) is 0.154. The molecule has 0 aliphatic heterocycles. The molecule has 1 unspecified atom stereocenters. The molecule has 7 aromatic carbocycles. The third-order valence-electron chi connectivity index (χ3n) is 14.6. The fraction of sp³-hybridized carbons (Fsp3) is 0.367. The summed E-state index contributed by atoms with van der Waals surface area (Å²) < 4.78 is 0. The Kier molecular flexibility index (Phi) is 9.90. The van der Waals surface area contributed by atoms with E-state index in [0.717, 1.165) is 19.3 Å². The van der Waals surface area contributed by atoms with Gasteiger partial charge in [0.2, 0.25) is 0 Å². The van der Waals surface area contributed by atoms with Crippen molar-refractivity contribution in [1.29, 1.82) is 0 Å². The molecule has 0 N–H and O–H groups in total. The summed E-state index contributed by atoms with van der Waals surface area (Å²) in [6.07, 6.45) is 8.01. The minimum atomic E-state index is 0.00635. The molecule has 0 saturated heterocycles. The Hall–Kier alpha value is -5.34. The van der Waals surface area contributed by atoms with E-state index in [2.05, 4.69) is 211 Å². The van der Waals surface area contributed by atoms with Gasteiger partial charge < -0.3 is 9.80 Å². The molecule has 0 radical (unpaired) electrons. The predicted octanol–water partition coefficient (Wildman–Crippen LogP) is 17.4. The van der Waals surface area contributed by atoms with Crippen LogP contribution in [0, 0.1) is 40.5 Å². The Bertz CT molecular complexity index is 3010. The highest BCUT2D eigenvalue weighted by Gasteiger charge is 2.35. The Morgan fingerprint density at radius 1 is 0.516 bits per heavy atom. The molecule has 2 aliphatic rings. The molecule has 0 saturated carbocycles. The van der Waals surface area contributed by atoms with Crippen LogP contribution in [0.25, 0.3) is 32.3 Å². The highest BCUT2D eigenvalue weighted by molar-refractivity contribution is 6.30. The Morgan fingerprint density at radius 3 is 1.74 bits per heavy atom. The zero-order valence-electron chi connectivity index (χ0n) is 40.3. The van der Waals surface area contributed by atoms with Gasteiger partial charge in [-0.25, -0.2) is 0 Å². The molecule has 2 nitrogen and oxygen atoms in total. The molecule has 0 heterocycles. The zero-order valence-corrected chi connectivity index (χ0v) is 40.3. The topological polar surface area (TPSA) is 6.48 Å². The second kappa shape index (κ2) is 14.6. The number of rotatable bonds is 6. The first-order valence-electron chi connectivity index (χ1n) is 23.2. The Labute approximate surface area is 372 Å². The van der Waals surface area contributed by atoms with Gasteiger partial charge in [-0.05, 0) is 180 Å². The lowest BCUT2D eigenvalue weighted by Crippen LogP contribution is -2.26. The number of aryl methyl sites for hydroxylation is 6. The van der Waals surface area contributed by atoms with Crippen LogP contribution in [0.2, 0.25) is 0 Å². The van der Waals surface area contributed by atoms with Crippen molar-refractivity contribution < 1.29 is 0 Å². The predicted molar refractivity (Wildman–Crippen MR) is 271 cm³/mol. The summed E-state index contributed by atoms with van der Waals surface area (Å²) in [6.45, 7) is 35.1. The highest BCUT2D eigenvalue weighted by Crippen LogP contribution is 2.55. The van der Waals surface area contributed by atoms with Crippen LogP contribution in [-0.4, -0.2) is 0 Å². The fourth-order valence-electron chi connectivity index (χ4n) is 10.8. The molecular weight excluding hydrogens is 749 g/mol. The van der Waals surface area contributed by atoms with Crippen molar-refractivity contribution in [1.82, 2.24) is 0 Å². The third kappa shape index (κ3) is 6.84. The molecule has 7 aromatic rings. The van der Waals surface area contributed by atoms with Crippen LogP contribution in [0.3, 0.4) is 0 Å². The smallest absolute Gasteiger partial charge is 0.0543 e. The number of allylic oxidation sites excluding steroid dienone is 4. The lowest BCUT2D eigenvalue weighted by atomic mass is 9.70. The molecular formula is C60H68N2. The maximum absolute atomic E-state index is 2.68. The van der Waals surface area contributed by atoms with Crippen LogP contribution < -0.4 is 9.80 Å². The normalized spacial score (nSPS) is 16.6. The minimum absolute atomic E-state index is 0.00635. The molecule has 9 rings (SSSR count). The van der Waals surface area contributed by atoms with E-state index in [9.17, 15) is 0 Å². The van der Waals surface area contributed by atoms with Gasteiger partial charge in [0.25, 0.3) is 0 Å². The summed E-state index contributed by atoms with van der Waals surface area (Å²) >= 11 is 0. The van der Waals surface area contributed by atoms with Gasteiger partial charge in [0.15, 0.2) is 0 Å². The molecule has 0 aromatic heterocycles. The highest BCUT2D eigenvalue weighted by atomic mass is 15.2. The van der Waals surface area contributed by atoms with E-state index >= 15 is 0 Å². The van der Waals surface area contributed by atoms with Gasteiger partial charge >= 0.3 is 0 Å². The standard InChI is InChI=1S/C60H68N2/c1-35-16-24-49(40(6)28-35)61(51-32-43(58(8,9)10)20-18-37(51)3)53-30-39(5)45-22-23-46-54(31-42-26-27-60(14,15)48-34-47(53)56(45)57(46)55(42)48)62(50-25-17-36(2)29-41(50)7)52-33-44(59(11,12)13)21-19-38(52)4/h16-25,28,30-34,41H,26-27,29H2,1-15H3. The van der Waals surface area contributed by atoms with Crippen molar-refractivity contribution in [3.8, 4) is 0 Å². The average molecular weight is 817 g/mol. The number of anilines is 5. The molecule has 1 atom stereocenters. The number of nitrogens with zero attached hydrogens (tertiary/aromatic N) is 2. The van der Waals surface area contributed by atoms with Crippen molar-refractivity contribution in [2.75, 3.05) is 9.80 Å². The SMILES string of the molecule is CC1=CC=C(N(c2cc(C(C)(C)C)ccc2C)c2cc3c4c(cc5c(N(c6ccc(C)cc6C)c6cc(C(C)(C)C)ccc6C)cc(C)c6ccc2c4c65)C(C)(C)CC3)C(C)C1. The molecule has 318 valence electrons. The lowest BCUT2D eigenvalue weighted by Gasteiger charge is -2.39. The van der Waals surface area contributed by atoms with Crippen molar-refractivity contribution in [2.24, 2.45) is 5.92 Å². The first-order chi connectivity index (χ1) is 29.1. The molecule has 0 bridgehead atoms. The summed E-state index contributed by atoms with van der Waals surface area (Å²) in [5.41, 5.74) is 21.3. The second-order valence-electron chi connectivity index (χ2n) is 22.1. The first-order valence-corrected chi connectivity index (χ1v) is 23.2. The van der Waals surface area contributed by atoms with E-state index < -0.39 is 0 Å².